The Morgan fingerprint density at radius 2 is 1.95 bits per heavy atom. The van der Waals surface area contributed by atoms with E-state index in [1.807, 2.05) is 6.07 Å². The molecule has 4 heteroatoms. The van der Waals surface area contributed by atoms with Crippen LogP contribution in [0.25, 0.3) is 0 Å². The molecule has 20 heavy (non-hydrogen) atoms. The van der Waals surface area contributed by atoms with Crippen molar-refractivity contribution >= 4 is 0 Å². The fourth-order valence-electron chi connectivity index (χ4n) is 2.94. The van der Waals surface area contributed by atoms with Gasteiger partial charge in [0.05, 0.1) is 19.8 Å². The zero-order chi connectivity index (χ0) is 14.4. The Bertz CT molecular complexity index is 383. The summed E-state index contributed by atoms with van der Waals surface area (Å²) in [6, 6.07) is 10.8. The zero-order valence-corrected chi connectivity index (χ0v) is 12.5. The van der Waals surface area contributed by atoms with E-state index in [4.69, 9.17) is 4.74 Å². The normalized spacial score (nSPS) is 22.9. The molecule has 1 aliphatic heterocycles. The second-order valence-electron chi connectivity index (χ2n) is 5.81. The molecule has 1 heterocycles. The fraction of sp³-hybridized carbons (Fsp3) is 0.625. The number of aliphatic hydroxyl groups is 1. The van der Waals surface area contributed by atoms with Crippen LogP contribution in [0.2, 0.25) is 0 Å². The minimum atomic E-state index is 0.192. The molecule has 1 saturated heterocycles. The van der Waals surface area contributed by atoms with Crippen molar-refractivity contribution in [3.63, 3.8) is 0 Å². The summed E-state index contributed by atoms with van der Waals surface area (Å²) in [6.07, 6.45) is 0. The van der Waals surface area contributed by atoms with E-state index in [1.165, 1.54) is 5.56 Å². The van der Waals surface area contributed by atoms with Gasteiger partial charge in [-0.05, 0) is 19.7 Å². The molecule has 1 fully saturated rings. The van der Waals surface area contributed by atoms with Crippen LogP contribution in [-0.4, -0.2) is 68.0 Å². The Balaban J connectivity index is 2.03. The molecule has 2 atom stereocenters. The highest BCUT2D eigenvalue weighted by Gasteiger charge is 2.33. The first kappa shape index (κ1) is 15.4. The van der Waals surface area contributed by atoms with Crippen LogP contribution in [0.15, 0.2) is 30.3 Å². The molecule has 4 nitrogen and oxygen atoms in total. The molecular weight excluding hydrogens is 252 g/mol. The van der Waals surface area contributed by atoms with Gasteiger partial charge in [0.1, 0.15) is 0 Å². The third kappa shape index (κ3) is 4.28. The van der Waals surface area contributed by atoms with E-state index in [0.29, 0.717) is 18.5 Å². The summed E-state index contributed by atoms with van der Waals surface area (Å²) in [5.74, 6) is 0.514. The number of aliphatic hydroxyl groups excluding tert-OH is 1. The predicted molar refractivity (Wildman–Crippen MR) is 80.6 cm³/mol. The Morgan fingerprint density at radius 3 is 2.60 bits per heavy atom. The number of hydrogen-bond acceptors (Lipinski definition) is 4. The van der Waals surface area contributed by atoms with Crippen molar-refractivity contribution in [3.8, 4) is 0 Å². The topological polar surface area (TPSA) is 35.9 Å². The lowest BCUT2D eigenvalue weighted by molar-refractivity contribution is 0.107. The Labute approximate surface area is 122 Å². The van der Waals surface area contributed by atoms with E-state index < -0.39 is 0 Å². The highest BCUT2D eigenvalue weighted by Crippen LogP contribution is 2.22. The summed E-state index contributed by atoms with van der Waals surface area (Å²) in [4.78, 5) is 4.57. The average molecular weight is 278 g/mol. The molecule has 2 rings (SSSR count). The van der Waals surface area contributed by atoms with Crippen molar-refractivity contribution in [2.24, 2.45) is 5.92 Å². The molecule has 0 aliphatic carbocycles. The van der Waals surface area contributed by atoms with Crippen molar-refractivity contribution in [3.05, 3.63) is 35.9 Å². The van der Waals surface area contributed by atoms with Crippen molar-refractivity contribution in [2.45, 2.75) is 12.6 Å². The van der Waals surface area contributed by atoms with Crippen LogP contribution >= 0.6 is 0 Å². The summed E-state index contributed by atoms with van der Waals surface area (Å²) < 4.78 is 5.69. The van der Waals surface area contributed by atoms with Crippen LogP contribution < -0.4 is 0 Å². The van der Waals surface area contributed by atoms with E-state index in [9.17, 15) is 5.11 Å². The molecule has 1 aromatic carbocycles. The first-order chi connectivity index (χ1) is 9.70. The maximum absolute atomic E-state index is 9.35. The molecule has 0 spiro atoms. The van der Waals surface area contributed by atoms with Crippen molar-refractivity contribution in [1.82, 2.24) is 9.80 Å². The summed E-state index contributed by atoms with van der Waals surface area (Å²) in [5.41, 5.74) is 1.29. The standard InChI is InChI=1S/C16H26N2O2/c1-17(2)11-15-12-20-13-16(15)18(8-9-19)10-14-6-4-3-5-7-14/h3-7,15-16,19H,8-13H2,1-2H3. The minimum absolute atomic E-state index is 0.192. The molecule has 0 aromatic heterocycles. The second-order valence-corrected chi connectivity index (χ2v) is 5.81. The summed E-state index contributed by atoms with van der Waals surface area (Å²) in [6.45, 7) is 4.39. The monoisotopic (exact) mass is 278 g/mol. The fourth-order valence-corrected chi connectivity index (χ4v) is 2.94. The Hall–Kier alpha value is -0.940. The first-order valence-electron chi connectivity index (χ1n) is 7.32. The van der Waals surface area contributed by atoms with Crippen LogP contribution in [0.3, 0.4) is 0 Å². The third-order valence-electron chi connectivity index (χ3n) is 3.85. The number of hydrogen-bond donors (Lipinski definition) is 1. The van der Waals surface area contributed by atoms with Gasteiger partial charge >= 0.3 is 0 Å². The van der Waals surface area contributed by atoms with Gasteiger partial charge in [0.25, 0.3) is 0 Å². The van der Waals surface area contributed by atoms with Crippen LogP contribution in [-0.2, 0) is 11.3 Å². The summed E-state index contributed by atoms with van der Waals surface area (Å²) >= 11 is 0. The van der Waals surface area contributed by atoms with Gasteiger partial charge in [0.15, 0.2) is 0 Å². The van der Waals surface area contributed by atoms with Crippen molar-refractivity contribution in [1.29, 1.82) is 0 Å². The van der Waals surface area contributed by atoms with Crippen LogP contribution in [0.4, 0.5) is 0 Å². The number of nitrogens with zero attached hydrogens (tertiary/aromatic N) is 2. The lowest BCUT2D eigenvalue weighted by Gasteiger charge is -2.32. The lowest BCUT2D eigenvalue weighted by Crippen LogP contribution is -2.44. The molecule has 0 bridgehead atoms. The second kappa shape index (κ2) is 7.74. The molecule has 1 aliphatic rings. The SMILES string of the molecule is CN(C)CC1COCC1N(CCO)Cc1ccccc1. The van der Waals surface area contributed by atoms with E-state index in [0.717, 1.165) is 26.3 Å². The molecule has 0 amide bonds. The number of benzene rings is 1. The van der Waals surface area contributed by atoms with E-state index in [2.05, 4.69) is 48.2 Å². The van der Waals surface area contributed by atoms with Crippen LogP contribution in [0, 0.1) is 5.92 Å². The van der Waals surface area contributed by atoms with Gasteiger partial charge in [-0.15, -0.1) is 0 Å². The molecule has 0 radical (unpaired) electrons. The molecule has 1 aromatic rings. The van der Waals surface area contributed by atoms with Gasteiger partial charge in [0.2, 0.25) is 0 Å². The van der Waals surface area contributed by atoms with Gasteiger partial charge in [-0.1, -0.05) is 30.3 Å². The highest BCUT2D eigenvalue weighted by atomic mass is 16.5. The highest BCUT2D eigenvalue weighted by molar-refractivity contribution is 5.14. The largest absolute Gasteiger partial charge is 0.395 e. The van der Waals surface area contributed by atoms with Gasteiger partial charge in [0, 0.05) is 31.6 Å². The molecular formula is C16H26N2O2. The van der Waals surface area contributed by atoms with Crippen molar-refractivity contribution in [2.75, 3.05) is 47.0 Å². The zero-order valence-electron chi connectivity index (χ0n) is 12.5. The van der Waals surface area contributed by atoms with Crippen LogP contribution in [0.5, 0.6) is 0 Å². The Morgan fingerprint density at radius 1 is 1.20 bits per heavy atom. The van der Waals surface area contributed by atoms with E-state index >= 15 is 0 Å². The molecule has 2 unspecified atom stereocenters. The summed E-state index contributed by atoms with van der Waals surface area (Å²) in [5, 5.41) is 9.35. The maximum Gasteiger partial charge on any atom is 0.0626 e. The third-order valence-corrected chi connectivity index (χ3v) is 3.85. The van der Waals surface area contributed by atoms with Gasteiger partial charge in [-0.2, -0.15) is 0 Å². The number of rotatable bonds is 7. The van der Waals surface area contributed by atoms with Gasteiger partial charge in [-0.3, -0.25) is 4.90 Å². The van der Waals surface area contributed by atoms with Gasteiger partial charge in [-0.25, -0.2) is 0 Å². The van der Waals surface area contributed by atoms with E-state index in [-0.39, 0.29) is 6.61 Å². The quantitative estimate of drug-likeness (QED) is 0.809. The molecule has 1 N–H and O–H groups in total. The van der Waals surface area contributed by atoms with Crippen molar-refractivity contribution < 1.29 is 9.84 Å². The maximum atomic E-state index is 9.35. The minimum Gasteiger partial charge on any atom is -0.395 e. The smallest absolute Gasteiger partial charge is 0.0626 e. The predicted octanol–water partition coefficient (Wildman–Crippen LogP) is 1.06. The van der Waals surface area contributed by atoms with E-state index in [1.54, 1.807) is 0 Å². The van der Waals surface area contributed by atoms with Gasteiger partial charge < -0.3 is 14.7 Å². The molecule has 112 valence electrons. The summed E-state index contributed by atoms with van der Waals surface area (Å²) in [7, 11) is 4.20. The first-order valence-corrected chi connectivity index (χ1v) is 7.32. The van der Waals surface area contributed by atoms with Crippen LogP contribution in [0.1, 0.15) is 5.56 Å². The molecule has 0 saturated carbocycles. The lowest BCUT2D eigenvalue weighted by atomic mass is 10.0. The average Bonchev–Trinajstić information content (AvgIpc) is 2.86. The Kier molecular flexibility index (Phi) is 5.98. The number of ether oxygens (including phenoxy) is 1.